The Morgan fingerprint density at radius 3 is 3.00 bits per heavy atom. The lowest BCUT2D eigenvalue weighted by molar-refractivity contribution is -0.139. The molecule has 0 bridgehead atoms. The van der Waals surface area contributed by atoms with Crippen molar-refractivity contribution in [2.45, 2.75) is 19.0 Å². The Bertz CT molecular complexity index is 422. The number of carbonyl (C=O) groups is 1. The molecule has 1 heterocycles. The molecule has 5 heteroatoms. The largest absolute Gasteiger partial charge is 0.480 e. The molecule has 2 rings (SSSR count). The molecule has 1 aromatic rings. The van der Waals surface area contributed by atoms with Crippen molar-refractivity contribution in [3.05, 3.63) is 34.1 Å². The van der Waals surface area contributed by atoms with Gasteiger partial charge in [0.05, 0.1) is 0 Å². The van der Waals surface area contributed by atoms with Crippen LogP contribution in [0.1, 0.15) is 11.1 Å². The molecule has 80 valence electrons. The van der Waals surface area contributed by atoms with Gasteiger partial charge in [0.1, 0.15) is 11.9 Å². The van der Waals surface area contributed by atoms with E-state index in [1.807, 2.05) is 0 Å². The summed E-state index contributed by atoms with van der Waals surface area (Å²) in [5, 5.41) is 11.9. The van der Waals surface area contributed by atoms with Crippen LogP contribution in [0.4, 0.5) is 4.39 Å². The summed E-state index contributed by atoms with van der Waals surface area (Å²) in [5.74, 6) is -1.31. The molecule has 0 aliphatic carbocycles. The quantitative estimate of drug-likeness (QED) is 0.769. The number of rotatable bonds is 1. The minimum absolute atomic E-state index is 0.295. The van der Waals surface area contributed by atoms with Crippen molar-refractivity contribution in [3.8, 4) is 0 Å². The molecular formula is C10H9ClFNO2. The summed E-state index contributed by atoms with van der Waals surface area (Å²) >= 11 is 5.86. The van der Waals surface area contributed by atoms with E-state index in [-0.39, 0.29) is 0 Å². The Hall–Kier alpha value is -1.13. The molecule has 2 N–H and O–H groups in total. The lowest BCUT2D eigenvalue weighted by atomic mass is 9.96. The summed E-state index contributed by atoms with van der Waals surface area (Å²) in [6.07, 6.45) is 0.295. The number of fused-ring (bicyclic) bond motifs is 1. The van der Waals surface area contributed by atoms with Crippen LogP contribution in [0.5, 0.6) is 0 Å². The monoisotopic (exact) mass is 229 g/mol. The normalized spacial score (nSPS) is 19.7. The third-order valence-electron chi connectivity index (χ3n) is 2.50. The van der Waals surface area contributed by atoms with E-state index in [1.54, 1.807) is 0 Å². The highest BCUT2D eigenvalue weighted by atomic mass is 35.5. The van der Waals surface area contributed by atoms with Crippen molar-refractivity contribution >= 4 is 17.6 Å². The highest BCUT2D eigenvalue weighted by molar-refractivity contribution is 6.31. The zero-order valence-corrected chi connectivity index (χ0v) is 8.51. The van der Waals surface area contributed by atoms with Crippen LogP contribution in [0.15, 0.2) is 12.1 Å². The summed E-state index contributed by atoms with van der Waals surface area (Å²) in [7, 11) is 0. The van der Waals surface area contributed by atoms with Gasteiger partial charge in [-0.2, -0.15) is 0 Å². The maximum absolute atomic E-state index is 13.0. The first kappa shape index (κ1) is 10.4. The van der Waals surface area contributed by atoms with Crippen LogP contribution in [0, 0.1) is 5.82 Å². The van der Waals surface area contributed by atoms with E-state index in [9.17, 15) is 9.18 Å². The third kappa shape index (κ3) is 1.96. The van der Waals surface area contributed by atoms with Gasteiger partial charge < -0.3 is 10.4 Å². The minimum Gasteiger partial charge on any atom is -0.480 e. The van der Waals surface area contributed by atoms with E-state index in [2.05, 4.69) is 5.32 Å². The number of halogens is 2. The predicted molar refractivity (Wildman–Crippen MR) is 53.4 cm³/mol. The standard InChI is InChI=1S/C10H9ClFNO2/c11-8-2-6(12)1-5-4-13-9(10(14)15)3-7(5)8/h1-2,9,13H,3-4H2,(H,14,15). The molecule has 1 atom stereocenters. The molecule has 1 aromatic carbocycles. The van der Waals surface area contributed by atoms with Crippen LogP contribution in [0.2, 0.25) is 5.02 Å². The van der Waals surface area contributed by atoms with E-state index in [1.165, 1.54) is 12.1 Å². The maximum atomic E-state index is 13.0. The fourth-order valence-electron chi connectivity index (χ4n) is 1.73. The van der Waals surface area contributed by atoms with Crippen molar-refractivity contribution in [3.63, 3.8) is 0 Å². The summed E-state index contributed by atoms with van der Waals surface area (Å²) in [6, 6.07) is 1.96. The Balaban J connectivity index is 2.37. The molecule has 0 amide bonds. The van der Waals surface area contributed by atoms with Gasteiger partial charge in [-0.05, 0) is 23.3 Å². The van der Waals surface area contributed by atoms with Gasteiger partial charge in [-0.3, -0.25) is 4.79 Å². The summed E-state index contributed by atoms with van der Waals surface area (Å²) in [6.45, 7) is 0.337. The highest BCUT2D eigenvalue weighted by Crippen LogP contribution is 2.26. The lowest BCUT2D eigenvalue weighted by Crippen LogP contribution is -2.41. The summed E-state index contributed by atoms with van der Waals surface area (Å²) in [4.78, 5) is 10.8. The number of benzene rings is 1. The van der Waals surface area contributed by atoms with Crippen molar-refractivity contribution in [1.29, 1.82) is 0 Å². The average molecular weight is 230 g/mol. The molecule has 0 fully saturated rings. The molecular weight excluding hydrogens is 221 g/mol. The molecule has 1 aliphatic rings. The summed E-state index contributed by atoms with van der Waals surface area (Å²) in [5.41, 5.74) is 1.46. The van der Waals surface area contributed by atoms with Crippen molar-refractivity contribution in [2.24, 2.45) is 0 Å². The maximum Gasteiger partial charge on any atom is 0.321 e. The molecule has 1 unspecified atom stereocenters. The van der Waals surface area contributed by atoms with E-state index in [4.69, 9.17) is 16.7 Å². The van der Waals surface area contributed by atoms with Crippen LogP contribution in [-0.2, 0) is 17.8 Å². The van der Waals surface area contributed by atoms with Gasteiger partial charge in [0.25, 0.3) is 0 Å². The van der Waals surface area contributed by atoms with Gasteiger partial charge in [-0.25, -0.2) is 4.39 Å². The number of carboxylic acids is 1. The second-order valence-corrected chi connectivity index (χ2v) is 3.91. The van der Waals surface area contributed by atoms with Crippen LogP contribution in [0.25, 0.3) is 0 Å². The molecule has 1 aliphatic heterocycles. The van der Waals surface area contributed by atoms with Crippen LogP contribution >= 0.6 is 11.6 Å². The number of nitrogens with one attached hydrogen (secondary N) is 1. The Morgan fingerprint density at radius 2 is 2.33 bits per heavy atom. The molecule has 3 nitrogen and oxygen atoms in total. The van der Waals surface area contributed by atoms with E-state index in [0.717, 1.165) is 11.1 Å². The molecule has 0 spiro atoms. The van der Waals surface area contributed by atoms with Crippen LogP contribution < -0.4 is 5.32 Å². The first-order valence-corrected chi connectivity index (χ1v) is 4.88. The topological polar surface area (TPSA) is 49.3 Å². The Kier molecular flexibility index (Phi) is 2.63. The van der Waals surface area contributed by atoms with Crippen molar-refractivity contribution < 1.29 is 14.3 Å². The second kappa shape index (κ2) is 3.79. The van der Waals surface area contributed by atoms with E-state index < -0.39 is 17.8 Å². The van der Waals surface area contributed by atoms with Gasteiger partial charge in [0, 0.05) is 18.0 Å². The van der Waals surface area contributed by atoms with Gasteiger partial charge in [-0.15, -0.1) is 0 Å². The molecule has 0 aromatic heterocycles. The smallest absolute Gasteiger partial charge is 0.321 e. The molecule has 0 saturated heterocycles. The first-order chi connectivity index (χ1) is 7.08. The first-order valence-electron chi connectivity index (χ1n) is 4.51. The Labute approximate surface area is 90.9 Å². The third-order valence-corrected chi connectivity index (χ3v) is 2.84. The fraction of sp³-hybridized carbons (Fsp3) is 0.300. The number of carboxylic acid groups (broad SMARTS) is 1. The molecule has 15 heavy (non-hydrogen) atoms. The van der Waals surface area contributed by atoms with Gasteiger partial charge >= 0.3 is 5.97 Å². The van der Waals surface area contributed by atoms with Gasteiger partial charge in [0.2, 0.25) is 0 Å². The fourth-order valence-corrected chi connectivity index (χ4v) is 2.03. The van der Waals surface area contributed by atoms with Crippen LogP contribution in [0.3, 0.4) is 0 Å². The zero-order valence-electron chi connectivity index (χ0n) is 7.76. The molecule has 0 radical (unpaired) electrons. The second-order valence-electron chi connectivity index (χ2n) is 3.50. The number of hydrogen-bond acceptors (Lipinski definition) is 2. The highest BCUT2D eigenvalue weighted by Gasteiger charge is 2.25. The van der Waals surface area contributed by atoms with E-state index in [0.29, 0.717) is 18.0 Å². The van der Waals surface area contributed by atoms with Crippen molar-refractivity contribution in [2.75, 3.05) is 0 Å². The Morgan fingerprint density at radius 1 is 1.60 bits per heavy atom. The molecule has 0 saturated carbocycles. The number of aliphatic carboxylic acids is 1. The SMILES string of the molecule is O=C(O)C1Cc2c(Cl)cc(F)cc2CN1. The lowest BCUT2D eigenvalue weighted by Gasteiger charge is -2.23. The number of hydrogen-bond donors (Lipinski definition) is 2. The average Bonchev–Trinajstić information content (AvgIpc) is 2.16. The van der Waals surface area contributed by atoms with Crippen LogP contribution in [-0.4, -0.2) is 17.1 Å². The zero-order chi connectivity index (χ0) is 11.0. The minimum atomic E-state index is -0.916. The van der Waals surface area contributed by atoms with E-state index >= 15 is 0 Å². The summed E-state index contributed by atoms with van der Waals surface area (Å²) < 4.78 is 13.0. The van der Waals surface area contributed by atoms with Gasteiger partial charge in [-0.1, -0.05) is 11.6 Å². The van der Waals surface area contributed by atoms with Crippen molar-refractivity contribution in [1.82, 2.24) is 5.32 Å². The predicted octanol–water partition coefficient (Wildman–Crippen LogP) is 1.58. The van der Waals surface area contributed by atoms with Gasteiger partial charge in [0.15, 0.2) is 0 Å².